The first kappa shape index (κ1) is 31.0. The fourth-order valence-corrected chi connectivity index (χ4v) is 3.90. The number of hydrogen-bond donors (Lipinski definition) is 2. The maximum absolute atomic E-state index is 13.7. The average Bonchev–Trinajstić information content (AvgIpc) is 3.35. The fraction of sp³-hybridized carbons (Fsp3) is 0.111. The number of imidazole rings is 1. The number of alkyl halides is 3. The van der Waals surface area contributed by atoms with Crippen LogP contribution < -0.4 is 10.6 Å². The number of nitrogens with one attached hydrogen (secondary N) is 2. The molecule has 5 rings (SSSR count). The van der Waals surface area contributed by atoms with Crippen LogP contribution in [0.5, 0.6) is 0 Å². The molecular formula is C27H23Cl2F3N8O. The number of aromatic nitrogens is 6. The van der Waals surface area contributed by atoms with Crippen molar-refractivity contribution < 1.29 is 18.0 Å². The molecule has 0 atom stereocenters. The number of aryl methyl sites for hydroxylation is 2. The molecule has 0 aliphatic rings. The molecule has 5 aromatic rings. The molecule has 2 N–H and O–H groups in total. The fourth-order valence-electron chi connectivity index (χ4n) is 3.90. The van der Waals surface area contributed by atoms with E-state index < -0.39 is 17.6 Å². The van der Waals surface area contributed by atoms with E-state index in [9.17, 15) is 18.0 Å². The third-order valence-electron chi connectivity index (χ3n) is 5.87. The number of anilines is 3. The molecule has 41 heavy (non-hydrogen) atoms. The minimum atomic E-state index is -4.58. The van der Waals surface area contributed by atoms with Crippen LogP contribution in [0.3, 0.4) is 0 Å². The quantitative estimate of drug-likeness (QED) is 0.225. The molecule has 0 saturated heterocycles. The molecule has 2 aromatic carbocycles. The van der Waals surface area contributed by atoms with Gasteiger partial charge in [-0.05, 0) is 55.8 Å². The van der Waals surface area contributed by atoms with Crippen molar-refractivity contribution in [2.45, 2.75) is 20.0 Å². The third kappa shape index (κ3) is 6.97. The Morgan fingerprint density at radius 1 is 0.878 bits per heavy atom. The maximum atomic E-state index is 13.7. The average molecular weight is 603 g/mol. The van der Waals surface area contributed by atoms with Crippen LogP contribution in [0.2, 0.25) is 0 Å². The van der Waals surface area contributed by atoms with E-state index in [1.807, 2.05) is 6.92 Å². The molecule has 9 nitrogen and oxygen atoms in total. The first-order valence-corrected chi connectivity index (χ1v) is 11.7. The number of halogens is 5. The van der Waals surface area contributed by atoms with E-state index in [1.54, 1.807) is 56.0 Å². The molecule has 0 aliphatic carbocycles. The van der Waals surface area contributed by atoms with Crippen molar-refractivity contribution in [1.82, 2.24) is 29.5 Å². The third-order valence-corrected chi connectivity index (χ3v) is 5.87. The number of carbonyl (C=O) groups is 1. The number of benzene rings is 2. The Bertz CT molecular complexity index is 1660. The largest absolute Gasteiger partial charge is 0.418 e. The summed E-state index contributed by atoms with van der Waals surface area (Å²) in [5.74, 6) is 0.172. The molecule has 3 heterocycles. The van der Waals surface area contributed by atoms with Gasteiger partial charge in [-0.25, -0.2) is 15.0 Å². The Labute approximate surface area is 245 Å². The van der Waals surface area contributed by atoms with Crippen LogP contribution in [0.4, 0.5) is 30.5 Å². The van der Waals surface area contributed by atoms with Gasteiger partial charge in [-0.15, -0.1) is 24.8 Å². The van der Waals surface area contributed by atoms with Crippen LogP contribution in [-0.2, 0) is 6.18 Å². The lowest BCUT2D eigenvalue weighted by atomic mass is 10.1. The van der Waals surface area contributed by atoms with E-state index in [0.717, 1.165) is 11.6 Å². The molecule has 0 bridgehead atoms. The predicted octanol–water partition coefficient (Wildman–Crippen LogP) is 6.59. The van der Waals surface area contributed by atoms with Crippen molar-refractivity contribution in [3.05, 3.63) is 102 Å². The van der Waals surface area contributed by atoms with Gasteiger partial charge >= 0.3 is 6.18 Å². The van der Waals surface area contributed by atoms with Gasteiger partial charge in [-0.2, -0.15) is 13.2 Å². The smallest absolute Gasteiger partial charge is 0.324 e. The van der Waals surface area contributed by atoms with E-state index in [-0.39, 0.29) is 41.8 Å². The van der Waals surface area contributed by atoms with E-state index in [4.69, 9.17) is 0 Å². The van der Waals surface area contributed by atoms with Gasteiger partial charge in [-0.1, -0.05) is 6.07 Å². The summed E-state index contributed by atoms with van der Waals surface area (Å²) in [6.45, 7) is 3.45. The normalized spacial score (nSPS) is 10.8. The minimum Gasteiger partial charge on any atom is -0.324 e. The summed E-state index contributed by atoms with van der Waals surface area (Å²) in [5.41, 5.74) is 2.06. The van der Waals surface area contributed by atoms with Crippen LogP contribution in [0.15, 0.2) is 79.6 Å². The molecule has 212 valence electrons. The lowest BCUT2D eigenvalue weighted by Gasteiger charge is -2.17. The summed E-state index contributed by atoms with van der Waals surface area (Å²) < 4.78 is 42.3. The summed E-state index contributed by atoms with van der Waals surface area (Å²) >= 11 is 0. The van der Waals surface area contributed by atoms with Crippen molar-refractivity contribution in [3.63, 3.8) is 0 Å². The summed E-state index contributed by atoms with van der Waals surface area (Å²) in [5, 5.41) is 5.80. The maximum Gasteiger partial charge on any atom is 0.418 e. The minimum absolute atomic E-state index is 0. The van der Waals surface area contributed by atoms with Gasteiger partial charge in [0, 0.05) is 47.9 Å². The topological polar surface area (TPSA) is 111 Å². The van der Waals surface area contributed by atoms with Gasteiger partial charge in [0.15, 0.2) is 0 Å². The Balaban J connectivity index is 0.00000231. The number of hydrogen-bond acceptors (Lipinski definition) is 7. The Kier molecular flexibility index (Phi) is 9.63. The second-order valence-corrected chi connectivity index (χ2v) is 8.54. The van der Waals surface area contributed by atoms with Gasteiger partial charge in [0.1, 0.15) is 11.5 Å². The Hall–Kier alpha value is -4.55. The molecule has 0 spiro atoms. The van der Waals surface area contributed by atoms with Crippen LogP contribution in [0.1, 0.15) is 27.3 Å². The van der Waals surface area contributed by atoms with Gasteiger partial charge in [0.25, 0.3) is 5.91 Å². The zero-order valence-electron chi connectivity index (χ0n) is 21.5. The van der Waals surface area contributed by atoms with E-state index >= 15 is 0 Å². The highest BCUT2D eigenvalue weighted by Gasteiger charge is 2.34. The molecule has 3 aromatic heterocycles. The van der Waals surface area contributed by atoms with E-state index in [2.05, 4.69) is 35.6 Å². The van der Waals surface area contributed by atoms with E-state index in [0.29, 0.717) is 28.8 Å². The van der Waals surface area contributed by atoms with Crippen LogP contribution >= 0.6 is 24.8 Å². The van der Waals surface area contributed by atoms with Crippen molar-refractivity contribution in [1.29, 1.82) is 0 Å². The molecule has 0 aliphatic heterocycles. The highest BCUT2D eigenvalue weighted by atomic mass is 35.5. The Morgan fingerprint density at radius 3 is 2.37 bits per heavy atom. The number of nitrogens with zero attached hydrogens (tertiary/aromatic N) is 6. The lowest BCUT2D eigenvalue weighted by molar-refractivity contribution is -0.137. The van der Waals surface area contributed by atoms with Gasteiger partial charge in [0.2, 0.25) is 5.95 Å². The molecule has 0 fully saturated rings. The van der Waals surface area contributed by atoms with Gasteiger partial charge in [-0.3, -0.25) is 14.8 Å². The van der Waals surface area contributed by atoms with Crippen LogP contribution in [-0.4, -0.2) is 35.4 Å². The summed E-state index contributed by atoms with van der Waals surface area (Å²) in [6, 6.07) is 10.1. The zero-order valence-corrected chi connectivity index (χ0v) is 23.2. The zero-order chi connectivity index (χ0) is 27.6. The summed E-state index contributed by atoms with van der Waals surface area (Å²) in [6.07, 6.45) is 4.55. The molecule has 0 radical (unpaired) electrons. The molecule has 1 amide bonds. The summed E-state index contributed by atoms with van der Waals surface area (Å²) in [7, 11) is 0. The second-order valence-electron chi connectivity index (χ2n) is 8.54. The monoisotopic (exact) mass is 602 g/mol. The van der Waals surface area contributed by atoms with Crippen molar-refractivity contribution in [3.8, 4) is 17.1 Å². The highest BCUT2D eigenvalue weighted by molar-refractivity contribution is 6.05. The van der Waals surface area contributed by atoms with Crippen molar-refractivity contribution in [2.24, 2.45) is 0 Å². The first-order valence-electron chi connectivity index (χ1n) is 11.7. The van der Waals surface area contributed by atoms with Crippen molar-refractivity contribution >= 4 is 48.0 Å². The van der Waals surface area contributed by atoms with E-state index in [1.165, 1.54) is 29.1 Å². The number of amides is 1. The SMILES string of the molecule is Cc1ccc(C(=O)Nc2ccc(C(F)(F)F)c(-n3ccnc3C)c2)cc1Nc1nccc(-c2cnccn2)n1.Cl.Cl. The number of carbonyl (C=O) groups excluding carboxylic acids is 1. The predicted molar refractivity (Wildman–Crippen MR) is 153 cm³/mol. The van der Waals surface area contributed by atoms with Gasteiger partial charge in [0.05, 0.1) is 23.1 Å². The second kappa shape index (κ2) is 12.7. The molecule has 0 unspecified atom stereocenters. The standard InChI is InChI=1S/C27H21F3N8O.2ClH/c1-16-3-4-18(13-22(16)37-26-34-8-7-21(36-26)23-15-31-9-10-33-23)25(39)35-19-5-6-20(27(28,29)30)24(14-19)38-12-11-32-17(38)2;;/h3-15H,1-2H3,(H,35,39)(H,34,36,37);2*1H. The lowest BCUT2D eigenvalue weighted by Crippen LogP contribution is -2.15. The summed E-state index contributed by atoms with van der Waals surface area (Å²) in [4.78, 5) is 34.1. The highest BCUT2D eigenvalue weighted by Crippen LogP contribution is 2.36. The molecular weight excluding hydrogens is 580 g/mol. The molecule has 0 saturated carbocycles. The van der Waals surface area contributed by atoms with Crippen LogP contribution in [0.25, 0.3) is 17.1 Å². The van der Waals surface area contributed by atoms with Crippen LogP contribution in [0, 0.1) is 13.8 Å². The van der Waals surface area contributed by atoms with Gasteiger partial charge < -0.3 is 15.2 Å². The number of rotatable bonds is 6. The Morgan fingerprint density at radius 2 is 1.68 bits per heavy atom. The molecule has 14 heteroatoms. The first-order chi connectivity index (χ1) is 18.7. The van der Waals surface area contributed by atoms with Crippen molar-refractivity contribution in [2.75, 3.05) is 10.6 Å².